The van der Waals surface area contributed by atoms with Crippen molar-refractivity contribution in [3.63, 3.8) is 0 Å². The zero-order valence-corrected chi connectivity index (χ0v) is 13.8. The molecule has 2 aromatic rings. The highest BCUT2D eigenvalue weighted by molar-refractivity contribution is 7.19. The molecule has 1 aromatic heterocycles. The third-order valence-corrected chi connectivity index (χ3v) is 4.69. The number of nitrogens with zero attached hydrogens (tertiary/aromatic N) is 2. The maximum atomic E-state index is 3.29. The first-order chi connectivity index (χ1) is 9.61. The molecule has 0 atom stereocenters. The van der Waals surface area contributed by atoms with E-state index in [0.29, 0.717) is 0 Å². The quantitative estimate of drug-likeness (QED) is 0.846. The van der Waals surface area contributed by atoms with Crippen LogP contribution < -0.4 is 5.32 Å². The van der Waals surface area contributed by atoms with Crippen LogP contribution in [0.2, 0.25) is 0 Å². The van der Waals surface area contributed by atoms with Crippen molar-refractivity contribution in [2.45, 2.75) is 13.1 Å². The van der Waals surface area contributed by atoms with Gasteiger partial charge in [0.1, 0.15) is 0 Å². The Hall–Kier alpha value is -0.940. The summed E-state index contributed by atoms with van der Waals surface area (Å²) in [6.07, 6.45) is 0. The molecule has 2 rings (SSSR count). The number of benzene rings is 1. The van der Waals surface area contributed by atoms with Crippen LogP contribution in [0.3, 0.4) is 0 Å². The van der Waals surface area contributed by atoms with Gasteiger partial charge in [-0.25, -0.2) is 0 Å². The molecule has 0 spiro atoms. The van der Waals surface area contributed by atoms with E-state index in [1.54, 1.807) is 0 Å². The van der Waals surface area contributed by atoms with E-state index in [1.807, 2.05) is 18.4 Å². The van der Waals surface area contributed by atoms with Crippen LogP contribution in [0.5, 0.6) is 0 Å². The Bertz CT molecular complexity index is 548. The molecule has 110 valence electrons. The van der Waals surface area contributed by atoms with Crippen molar-refractivity contribution in [2.24, 2.45) is 0 Å². The largest absolute Gasteiger partial charge is 0.315 e. The maximum absolute atomic E-state index is 3.29. The van der Waals surface area contributed by atoms with Crippen molar-refractivity contribution in [2.75, 3.05) is 41.3 Å². The van der Waals surface area contributed by atoms with Crippen LogP contribution in [-0.2, 0) is 13.1 Å². The Morgan fingerprint density at radius 2 is 1.85 bits per heavy atom. The van der Waals surface area contributed by atoms with E-state index in [-0.39, 0.29) is 0 Å². The van der Waals surface area contributed by atoms with E-state index in [4.69, 9.17) is 0 Å². The van der Waals surface area contributed by atoms with Gasteiger partial charge in [-0.2, -0.15) is 0 Å². The third kappa shape index (κ3) is 3.79. The molecule has 0 saturated carbocycles. The number of rotatable bonds is 7. The number of fused-ring (bicyclic) bond motifs is 1. The lowest BCUT2D eigenvalue weighted by molar-refractivity contribution is 0.276. The third-order valence-electron chi connectivity index (χ3n) is 3.48. The molecule has 0 amide bonds. The Morgan fingerprint density at radius 3 is 2.55 bits per heavy atom. The predicted octanol–water partition coefficient (Wildman–Crippen LogP) is 2.61. The van der Waals surface area contributed by atoms with E-state index in [0.717, 1.165) is 26.2 Å². The van der Waals surface area contributed by atoms with Gasteiger partial charge in [0.15, 0.2) is 0 Å². The van der Waals surface area contributed by atoms with Gasteiger partial charge in [-0.1, -0.05) is 18.2 Å². The molecule has 1 heterocycles. The average molecular weight is 291 g/mol. The zero-order chi connectivity index (χ0) is 14.5. The van der Waals surface area contributed by atoms with E-state index in [1.165, 1.54) is 20.5 Å². The van der Waals surface area contributed by atoms with Gasteiger partial charge in [0.2, 0.25) is 0 Å². The van der Waals surface area contributed by atoms with Gasteiger partial charge >= 0.3 is 0 Å². The molecule has 0 bridgehead atoms. The highest BCUT2D eigenvalue weighted by atomic mass is 32.1. The molecule has 1 aromatic carbocycles. The monoisotopic (exact) mass is 291 g/mol. The van der Waals surface area contributed by atoms with E-state index < -0.39 is 0 Å². The topological polar surface area (TPSA) is 18.5 Å². The summed E-state index contributed by atoms with van der Waals surface area (Å²) in [6.45, 7) is 4.17. The molecule has 3 nitrogen and oxygen atoms in total. The second kappa shape index (κ2) is 7.18. The predicted molar refractivity (Wildman–Crippen MR) is 89.5 cm³/mol. The van der Waals surface area contributed by atoms with Gasteiger partial charge < -0.3 is 15.1 Å². The second-order valence-corrected chi connectivity index (χ2v) is 6.71. The SMILES string of the molecule is CNCc1sc2ccccc2c1CN(C)CCN(C)C. The number of thiophene rings is 1. The summed E-state index contributed by atoms with van der Waals surface area (Å²) in [6, 6.07) is 8.74. The Labute approximate surface area is 126 Å². The fourth-order valence-corrected chi connectivity index (χ4v) is 3.57. The van der Waals surface area contributed by atoms with E-state index >= 15 is 0 Å². The van der Waals surface area contributed by atoms with Gasteiger partial charge in [-0.15, -0.1) is 11.3 Å². The molecule has 0 aliphatic carbocycles. The molecular formula is C16H25N3S. The Balaban J connectivity index is 2.20. The van der Waals surface area contributed by atoms with Crippen LogP contribution in [-0.4, -0.2) is 51.1 Å². The number of nitrogens with one attached hydrogen (secondary N) is 1. The Morgan fingerprint density at radius 1 is 1.10 bits per heavy atom. The highest BCUT2D eigenvalue weighted by Crippen LogP contribution is 2.32. The number of hydrogen-bond acceptors (Lipinski definition) is 4. The van der Waals surface area contributed by atoms with E-state index in [9.17, 15) is 0 Å². The summed E-state index contributed by atoms with van der Waals surface area (Å²) < 4.78 is 1.40. The molecule has 0 radical (unpaired) electrons. The normalized spacial score (nSPS) is 11.9. The minimum absolute atomic E-state index is 0.955. The molecule has 0 aliphatic rings. The molecule has 4 heteroatoms. The van der Waals surface area contributed by atoms with Crippen molar-refractivity contribution in [1.29, 1.82) is 0 Å². The van der Waals surface area contributed by atoms with Gasteiger partial charge in [0.05, 0.1) is 0 Å². The Kier molecular flexibility index (Phi) is 5.54. The maximum Gasteiger partial charge on any atom is 0.0349 e. The van der Waals surface area contributed by atoms with E-state index in [2.05, 4.69) is 60.5 Å². The minimum Gasteiger partial charge on any atom is -0.315 e. The van der Waals surface area contributed by atoms with Crippen molar-refractivity contribution in [3.05, 3.63) is 34.7 Å². The summed E-state index contributed by atoms with van der Waals surface area (Å²) in [5.41, 5.74) is 1.49. The zero-order valence-electron chi connectivity index (χ0n) is 12.9. The average Bonchev–Trinajstić information content (AvgIpc) is 2.75. The first-order valence-corrected chi connectivity index (χ1v) is 7.90. The van der Waals surface area contributed by atoms with Gasteiger partial charge in [0, 0.05) is 35.8 Å². The van der Waals surface area contributed by atoms with Crippen LogP contribution in [0.4, 0.5) is 0 Å². The minimum atomic E-state index is 0.955. The summed E-state index contributed by atoms with van der Waals surface area (Å²) in [5.74, 6) is 0. The smallest absolute Gasteiger partial charge is 0.0349 e. The highest BCUT2D eigenvalue weighted by Gasteiger charge is 2.13. The number of hydrogen-bond donors (Lipinski definition) is 1. The fraction of sp³-hybridized carbons (Fsp3) is 0.500. The van der Waals surface area contributed by atoms with Crippen LogP contribution in [0.25, 0.3) is 10.1 Å². The molecule has 0 saturated heterocycles. The van der Waals surface area contributed by atoms with Crippen molar-refractivity contribution >= 4 is 21.4 Å². The molecule has 0 aliphatic heterocycles. The molecule has 20 heavy (non-hydrogen) atoms. The summed E-state index contributed by atoms with van der Waals surface area (Å²) >= 11 is 1.92. The van der Waals surface area contributed by atoms with Gasteiger partial charge in [0.25, 0.3) is 0 Å². The van der Waals surface area contributed by atoms with Crippen LogP contribution in [0.15, 0.2) is 24.3 Å². The molecule has 0 fully saturated rings. The first-order valence-electron chi connectivity index (χ1n) is 7.09. The lowest BCUT2D eigenvalue weighted by atomic mass is 10.1. The van der Waals surface area contributed by atoms with Crippen LogP contribution in [0.1, 0.15) is 10.4 Å². The van der Waals surface area contributed by atoms with Crippen molar-refractivity contribution < 1.29 is 0 Å². The molecule has 0 unspecified atom stereocenters. The lowest BCUT2D eigenvalue weighted by Crippen LogP contribution is -2.28. The molecule has 1 N–H and O–H groups in total. The lowest BCUT2D eigenvalue weighted by Gasteiger charge is -2.20. The van der Waals surface area contributed by atoms with Crippen molar-refractivity contribution in [3.8, 4) is 0 Å². The van der Waals surface area contributed by atoms with Gasteiger partial charge in [-0.05, 0) is 45.2 Å². The number of likely N-dealkylation sites (N-methyl/N-ethyl adjacent to an activating group) is 2. The van der Waals surface area contributed by atoms with Crippen LogP contribution in [0, 0.1) is 0 Å². The summed E-state index contributed by atoms with van der Waals surface area (Å²) in [4.78, 5) is 6.11. The summed E-state index contributed by atoms with van der Waals surface area (Å²) in [7, 11) is 8.48. The van der Waals surface area contributed by atoms with Crippen molar-refractivity contribution in [1.82, 2.24) is 15.1 Å². The van der Waals surface area contributed by atoms with Gasteiger partial charge in [-0.3, -0.25) is 0 Å². The van der Waals surface area contributed by atoms with Crippen LogP contribution >= 0.6 is 11.3 Å². The standard InChI is InChI=1S/C16H25N3S/c1-17-11-16-14(12-19(4)10-9-18(2)3)13-7-5-6-8-15(13)20-16/h5-8,17H,9-12H2,1-4H3. The summed E-state index contributed by atoms with van der Waals surface area (Å²) in [5, 5.41) is 4.71. The fourth-order valence-electron chi connectivity index (χ4n) is 2.35. The first kappa shape index (κ1) is 15.4. The molecular weight excluding hydrogens is 266 g/mol. The second-order valence-electron chi connectivity index (χ2n) is 5.57.